The van der Waals surface area contributed by atoms with E-state index in [9.17, 15) is 4.79 Å². The number of carbonyl (C=O) groups excluding carboxylic acids is 1. The summed E-state index contributed by atoms with van der Waals surface area (Å²) in [6.07, 6.45) is 2.85. The van der Waals surface area contributed by atoms with Crippen LogP contribution in [-0.4, -0.2) is 11.9 Å². The van der Waals surface area contributed by atoms with Gasteiger partial charge in [0.05, 0.1) is 6.07 Å². The van der Waals surface area contributed by atoms with Gasteiger partial charge in [0.15, 0.2) is 0 Å². The molecule has 0 spiro atoms. The number of amides is 1. The van der Waals surface area contributed by atoms with Crippen molar-refractivity contribution in [1.82, 2.24) is 0 Å². The maximum atomic E-state index is 12.2. The predicted octanol–water partition coefficient (Wildman–Crippen LogP) is 3.51. The molecule has 0 aromatic heterocycles. The Labute approximate surface area is 114 Å². The first-order valence-corrected chi connectivity index (χ1v) is 6.80. The average Bonchev–Trinajstić information content (AvgIpc) is 2.80. The number of hydrogen-bond acceptors (Lipinski definition) is 2. The van der Waals surface area contributed by atoms with Crippen molar-refractivity contribution in [2.24, 2.45) is 5.41 Å². The second-order valence-electron chi connectivity index (χ2n) is 5.80. The smallest absolute Gasteiger partial charge is 0.227 e. The number of rotatable bonds is 4. The van der Waals surface area contributed by atoms with E-state index in [1.54, 1.807) is 0 Å². The molecule has 1 aromatic carbocycles. The Kier molecular flexibility index (Phi) is 3.90. The lowest BCUT2D eigenvalue weighted by molar-refractivity contribution is -0.117. The van der Waals surface area contributed by atoms with E-state index < -0.39 is 0 Å². The molecule has 1 aliphatic heterocycles. The predicted molar refractivity (Wildman–Crippen MR) is 75.6 cm³/mol. The molecule has 1 aromatic rings. The van der Waals surface area contributed by atoms with Gasteiger partial charge in [-0.05, 0) is 30.4 Å². The average molecular weight is 256 g/mol. The minimum absolute atomic E-state index is 0.0300. The van der Waals surface area contributed by atoms with Gasteiger partial charge in [-0.2, -0.15) is 5.26 Å². The van der Waals surface area contributed by atoms with Crippen molar-refractivity contribution in [3.05, 3.63) is 30.3 Å². The summed E-state index contributed by atoms with van der Waals surface area (Å²) in [6.45, 7) is 4.31. The van der Waals surface area contributed by atoms with Crippen molar-refractivity contribution in [2.75, 3.05) is 4.90 Å². The molecule has 19 heavy (non-hydrogen) atoms. The lowest BCUT2D eigenvalue weighted by Gasteiger charge is -2.37. The summed E-state index contributed by atoms with van der Waals surface area (Å²) in [5.74, 6) is 0.196. The highest BCUT2D eigenvalue weighted by atomic mass is 16.2. The molecule has 1 fully saturated rings. The quantitative estimate of drug-likeness (QED) is 0.827. The summed E-state index contributed by atoms with van der Waals surface area (Å²) < 4.78 is 0. The van der Waals surface area contributed by atoms with Crippen LogP contribution >= 0.6 is 0 Å². The fourth-order valence-electron chi connectivity index (χ4n) is 2.88. The van der Waals surface area contributed by atoms with Crippen LogP contribution in [0.3, 0.4) is 0 Å². The molecule has 0 saturated carbocycles. The van der Waals surface area contributed by atoms with Crippen LogP contribution in [0.25, 0.3) is 0 Å². The highest BCUT2D eigenvalue weighted by Crippen LogP contribution is 2.39. The fourth-order valence-corrected chi connectivity index (χ4v) is 2.88. The van der Waals surface area contributed by atoms with Gasteiger partial charge >= 0.3 is 0 Å². The maximum absolute atomic E-state index is 12.2. The number of nitrogens with zero attached hydrogens (tertiary/aromatic N) is 2. The standard InChI is InChI=1S/C16H20N2O/c1-16(2,11-6-12-17)14-9-10-15(19)18(14)13-7-4-3-5-8-13/h3-5,7-8,14H,6,9-11H2,1-2H3/t14-/m1/s1. The summed E-state index contributed by atoms with van der Waals surface area (Å²) in [5, 5.41) is 8.78. The van der Waals surface area contributed by atoms with Crippen molar-refractivity contribution >= 4 is 11.6 Å². The molecule has 0 aliphatic carbocycles. The molecule has 3 heteroatoms. The van der Waals surface area contributed by atoms with Gasteiger partial charge in [-0.15, -0.1) is 0 Å². The highest BCUT2D eigenvalue weighted by Gasteiger charge is 2.41. The van der Waals surface area contributed by atoms with Gasteiger partial charge in [-0.1, -0.05) is 32.0 Å². The third kappa shape index (κ3) is 2.78. The van der Waals surface area contributed by atoms with Crippen molar-refractivity contribution in [3.63, 3.8) is 0 Å². The Morgan fingerprint density at radius 1 is 1.37 bits per heavy atom. The van der Waals surface area contributed by atoms with Crippen LogP contribution in [0.15, 0.2) is 30.3 Å². The summed E-state index contributed by atoms with van der Waals surface area (Å²) in [7, 11) is 0. The number of benzene rings is 1. The first kappa shape index (κ1) is 13.6. The Morgan fingerprint density at radius 2 is 2.05 bits per heavy atom. The van der Waals surface area contributed by atoms with E-state index in [-0.39, 0.29) is 17.4 Å². The van der Waals surface area contributed by atoms with Gasteiger partial charge < -0.3 is 4.90 Å². The molecule has 0 N–H and O–H groups in total. The van der Waals surface area contributed by atoms with Crippen LogP contribution in [0.4, 0.5) is 5.69 Å². The minimum atomic E-state index is -0.0300. The van der Waals surface area contributed by atoms with Gasteiger partial charge in [0, 0.05) is 24.6 Å². The van der Waals surface area contributed by atoms with Crippen LogP contribution < -0.4 is 4.90 Å². The Balaban J connectivity index is 2.25. The minimum Gasteiger partial charge on any atom is -0.309 e. The Morgan fingerprint density at radius 3 is 2.68 bits per heavy atom. The molecule has 1 saturated heterocycles. The molecule has 0 bridgehead atoms. The van der Waals surface area contributed by atoms with Crippen LogP contribution in [-0.2, 0) is 4.79 Å². The topological polar surface area (TPSA) is 44.1 Å². The van der Waals surface area contributed by atoms with Crippen LogP contribution in [0.2, 0.25) is 0 Å². The fraction of sp³-hybridized carbons (Fsp3) is 0.500. The van der Waals surface area contributed by atoms with Gasteiger partial charge in [-0.25, -0.2) is 0 Å². The first-order chi connectivity index (χ1) is 9.06. The Bertz CT molecular complexity index is 487. The molecule has 1 atom stereocenters. The van der Waals surface area contributed by atoms with E-state index in [1.807, 2.05) is 35.2 Å². The van der Waals surface area contributed by atoms with Crippen molar-refractivity contribution in [2.45, 2.75) is 45.6 Å². The number of nitriles is 1. The molecular formula is C16H20N2O. The van der Waals surface area contributed by atoms with E-state index in [0.717, 1.165) is 18.5 Å². The molecule has 1 amide bonds. The van der Waals surface area contributed by atoms with Crippen LogP contribution in [0, 0.1) is 16.7 Å². The summed E-state index contributed by atoms with van der Waals surface area (Å²) in [4.78, 5) is 14.1. The molecule has 3 nitrogen and oxygen atoms in total. The Hall–Kier alpha value is -1.82. The zero-order chi connectivity index (χ0) is 13.9. The molecule has 0 radical (unpaired) electrons. The first-order valence-electron chi connectivity index (χ1n) is 6.80. The number of carbonyl (C=O) groups is 1. The highest BCUT2D eigenvalue weighted by molar-refractivity contribution is 5.96. The van der Waals surface area contributed by atoms with Gasteiger partial charge in [0.2, 0.25) is 5.91 Å². The van der Waals surface area contributed by atoms with Crippen LogP contribution in [0.5, 0.6) is 0 Å². The molecule has 2 rings (SSSR count). The van der Waals surface area contributed by atoms with Gasteiger partial charge in [-0.3, -0.25) is 4.79 Å². The van der Waals surface area contributed by atoms with Gasteiger partial charge in [0.25, 0.3) is 0 Å². The lowest BCUT2D eigenvalue weighted by atomic mass is 9.79. The molecule has 1 aliphatic rings. The van der Waals surface area contributed by atoms with E-state index in [2.05, 4.69) is 19.9 Å². The van der Waals surface area contributed by atoms with Crippen LogP contribution in [0.1, 0.15) is 39.5 Å². The molecule has 0 unspecified atom stereocenters. The van der Waals surface area contributed by atoms with E-state index in [1.165, 1.54) is 0 Å². The molecular weight excluding hydrogens is 236 g/mol. The third-order valence-corrected chi connectivity index (χ3v) is 4.03. The number of para-hydroxylation sites is 1. The van der Waals surface area contributed by atoms with Gasteiger partial charge in [0.1, 0.15) is 0 Å². The monoisotopic (exact) mass is 256 g/mol. The second kappa shape index (κ2) is 5.44. The van der Waals surface area contributed by atoms with Crippen molar-refractivity contribution in [1.29, 1.82) is 5.26 Å². The number of hydrogen-bond donors (Lipinski definition) is 0. The van der Waals surface area contributed by atoms with E-state index in [4.69, 9.17) is 5.26 Å². The van der Waals surface area contributed by atoms with Crippen molar-refractivity contribution in [3.8, 4) is 6.07 Å². The maximum Gasteiger partial charge on any atom is 0.227 e. The largest absolute Gasteiger partial charge is 0.309 e. The summed E-state index contributed by atoms with van der Waals surface area (Å²) >= 11 is 0. The zero-order valence-electron chi connectivity index (χ0n) is 11.6. The lowest BCUT2D eigenvalue weighted by Crippen LogP contribution is -2.43. The normalized spacial score (nSPS) is 19.5. The third-order valence-electron chi connectivity index (χ3n) is 4.03. The summed E-state index contributed by atoms with van der Waals surface area (Å²) in [6, 6.07) is 12.2. The second-order valence-corrected chi connectivity index (χ2v) is 5.80. The zero-order valence-corrected chi connectivity index (χ0v) is 11.6. The molecule has 100 valence electrons. The van der Waals surface area contributed by atoms with E-state index in [0.29, 0.717) is 12.8 Å². The molecule has 1 heterocycles. The van der Waals surface area contributed by atoms with Crippen molar-refractivity contribution < 1.29 is 4.79 Å². The number of anilines is 1. The summed E-state index contributed by atoms with van der Waals surface area (Å²) in [5.41, 5.74) is 0.942. The van der Waals surface area contributed by atoms with E-state index >= 15 is 0 Å². The SMILES string of the molecule is CC(C)(CCC#N)[C@H]1CCC(=O)N1c1ccccc1.